The maximum Gasteiger partial charge on any atom is 0.416 e. The van der Waals surface area contributed by atoms with Crippen molar-refractivity contribution in [2.45, 2.75) is 48.9 Å². The SMILES string of the molecule is Cc1cc(SC(c2cn[nH]c2)c2ccc(C(F)(F)F)c(CCc3ccccc3F)c2)ccc1CCC(=O)O. The summed E-state index contributed by atoms with van der Waals surface area (Å²) in [6.07, 6.45) is -0.563. The Kier molecular flexibility index (Phi) is 8.56. The van der Waals surface area contributed by atoms with Crippen LogP contribution in [0.15, 0.2) is 78.0 Å². The Hall–Kier alpha value is -3.59. The second-order valence-electron chi connectivity index (χ2n) is 9.02. The molecule has 4 rings (SSSR count). The summed E-state index contributed by atoms with van der Waals surface area (Å²) in [5.41, 5.74) is 3.08. The van der Waals surface area contributed by atoms with Crippen molar-refractivity contribution >= 4 is 17.7 Å². The van der Waals surface area contributed by atoms with E-state index in [2.05, 4.69) is 10.2 Å². The lowest BCUT2D eigenvalue weighted by atomic mass is 9.95. The Labute approximate surface area is 222 Å². The molecule has 0 aliphatic heterocycles. The number of aliphatic carboxylic acids is 1. The van der Waals surface area contributed by atoms with E-state index in [0.29, 0.717) is 17.5 Å². The van der Waals surface area contributed by atoms with E-state index >= 15 is 0 Å². The first-order valence-electron chi connectivity index (χ1n) is 12.0. The monoisotopic (exact) mass is 542 g/mol. The molecule has 2 N–H and O–H groups in total. The number of aromatic amines is 1. The Morgan fingerprint density at radius 3 is 2.39 bits per heavy atom. The molecule has 198 valence electrons. The van der Waals surface area contributed by atoms with Gasteiger partial charge in [-0.05, 0) is 78.3 Å². The van der Waals surface area contributed by atoms with Crippen molar-refractivity contribution in [2.24, 2.45) is 0 Å². The van der Waals surface area contributed by atoms with Crippen molar-refractivity contribution in [3.05, 3.63) is 118 Å². The van der Waals surface area contributed by atoms with E-state index in [-0.39, 0.29) is 30.1 Å². The average Bonchev–Trinajstić information content (AvgIpc) is 3.40. The van der Waals surface area contributed by atoms with E-state index in [0.717, 1.165) is 27.7 Å². The minimum absolute atomic E-state index is 0.0315. The highest BCUT2D eigenvalue weighted by atomic mass is 32.2. The number of carboxylic acids is 1. The Morgan fingerprint density at radius 2 is 1.74 bits per heavy atom. The molecule has 1 atom stereocenters. The molecule has 4 nitrogen and oxygen atoms in total. The topological polar surface area (TPSA) is 66.0 Å². The minimum Gasteiger partial charge on any atom is -0.481 e. The van der Waals surface area contributed by atoms with Crippen LogP contribution in [0, 0.1) is 12.7 Å². The number of nitrogens with one attached hydrogen (secondary N) is 1. The third-order valence-corrected chi connectivity index (χ3v) is 7.66. The molecular formula is C29H26F4N2O2S. The summed E-state index contributed by atoms with van der Waals surface area (Å²) in [6.45, 7) is 1.91. The first-order chi connectivity index (χ1) is 18.1. The lowest BCUT2D eigenvalue weighted by molar-refractivity contribution is -0.138. The molecule has 0 radical (unpaired) electrons. The minimum atomic E-state index is -4.54. The van der Waals surface area contributed by atoms with Crippen molar-refractivity contribution < 1.29 is 27.5 Å². The molecule has 9 heteroatoms. The number of nitrogens with zero attached hydrogens (tertiary/aromatic N) is 1. The van der Waals surface area contributed by atoms with Crippen molar-refractivity contribution in [2.75, 3.05) is 0 Å². The van der Waals surface area contributed by atoms with Gasteiger partial charge in [0.25, 0.3) is 0 Å². The van der Waals surface area contributed by atoms with Crippen LogP contribution in [0.4, 0.5) is 17.6 Å². The zero-order chi connectivity index (χ0) is 27.3. The molecule has 0 saturated heterocycles. The molecular weight excluding hydrogens is 516 g/mol. The van der Waals surface area contributed by atoms with Crippen LogP contribution in [0.2, 0.25) is 0 Å². The molecule has 0 aliphatic carbocycles. The van der Waals surface area contributed by atoms with Crippen LogP contribution in [0.5, 0.6) is 0 Å². The van der Waals surface area contributed by atoms with Crippen LogP contribution < -0.4 is 0 Å². The molecule has 0 spiro atoms. The smallest absolute Gasteiger partial charge is 0.416 e. The fraction of sp³-hybridized carbons (Fsp3) is 0.241. The average molecular weight is 543 g/mol. The van der Waals surface area contributed by atoms with Gasteiger partial charge in [-0.15, -0.1) is 11.8 Å². The predicted molar refractivity (Wildman–Crippen MR) is 139 cm³/mol. The number of carbonyl (C=O) groups is 1. The third-order valence-electron chi connectivity index (χ3n) is 6.36. The van der Waals surface area contributed by atoms with Crippen LogP contribution in [0.1, 0.15) is 50.6 Å². The number of hydrogen-bond donors (Lipinski definition) is 2. The predicted octanol–water partition coefficient (Wildman–Crippen LogP) is 7.56. The summed E-state index contributed by atoms with van der Waals surface area (Å²) < 4.78 is 55.8. The molecule has 1 heterocycles. The lowest BCUT2D eigenvalue weighted by Gasteiger charge is -2.20. The summed E-state index contributed by atoms with van der Waals surface area (Å²) in [7, 11) is 0. The number of aryl methyl sites for hydroxylation is 4. The summed E-state index contributed by atoms with van der Waals surface area (Å²) in [6, 6.07) is 16.0. The Balaban J connectivity index is 1.66. The number of benzene rings is 3. The highest BCUT2D eigenvalue weighted by Gasteiger charge is 2.34. The van der Waals surface area contributed by atoms with Gasteiger partial charge in [0.2, 0.25) is 0 Å². The fourth-order valence-electron chi connectivity index (χ4n) is 4.36. The molecule has 0 aliphatic rings. The fourth-order valence-corrected chi connectivity index (χ4v) is 5.57. The van der Waals surface area contributed by atoms with Crippen LogP contribution in [0.25, 0.3) is 0 Å². The largest absolute Gasteiger partial charge is 0.481 e. The van der Waals surface area contributed by atoms with E-state index in [4.69, 9.17) is 5.11 Å². The van der Waals surface area contributed by atoms with Gasteiger partial charge in [-0.1, -0.05) is 36.4 Å². The first kappa shape index (κ1) is 27.4. The number of halogens is 4. The molecule has 0 amide bonds. The second kappa shape index (κ2) is 11.9. The highest BCUT2D eigenvalue weighted by molar-refractivity contribution is 7.99. The van der Waals surface area contributed by atoms with Crippen molar-refractivity contribution in [3.8, 4) is 0 Å². The van der Waals surface area contributed by atoms with Gasteiger partial charge in [0.15, 0.2) is 0 Å². The highest BCUT2D eigenvalue weighted by Crippen LogP contribution is 2.43. The zero-order valence-electron chi connectivity index (χ0n) is 20.6. The van der Waals surface area contributed by atoms with E-state index in [1.165, 1.54) is 23.9 Å². The molecule has 0 saturated carbocycles. The van der Waals surface area contributed by atoms with Gasteiger partial charge in [-0.25, -0.2) is 4.39 Å². The maximum atomic E-state index is 14.1. The number of alkyl halides is 3. The van der Waals surface area contributed by atoms with Crippen LogP contribution in [0.3, 0.4) is 0 Å². The molecule has 0 fully saturated rings. The lowest BCUT2D eigenvalue weighted by Crippen LogP contribution is -2.11. The van der Waals surface area contributed by atoms with Gasteiger partial charge in [-0.3, -0.25) is 9.89 Å². The van der Waals surface area contributed by atoms with Gasteiger partial charge in [0, 0.05) is 23.1 Å². The number of aromatic nitrogens is 2. The van der Waals surface area contributed by atoms with Crippen molar-refractivity contribution in [1.82, 2.24) is 10.2 Å². The van der Waals surface area contributed by atoms with Gasteiger partial charge < -0.3 is 5.11 Å². The Bertz CT molecular complexity index is 1400. The maximum absolute atomic E-state index is 14.1. The van der Waals surface area contributed by atoms with Gasteiger partial charge >= 0.3 is 12.1 Å². The number of carboxylic acid groups (broad SMARTS) is 1. The summed E-state index contributed by atoms with van der Waals surface area (Å²) in [4.78, 5) is 11.8. The van der Waals surface area contributed by atoms with Crippen LogP contribution >= 0.6 is 11.8 Å². The first-order valence-corrected chi connectivity index (χ1v) is 12.9. The number of hydrogen-bond acceptors (Lipinski definition) is 3. The van der Waals surface area contributed by atoms with Crippen LogP contribution in [-0.2, 0) is 30.2 Å². The van der Waals surface area contributed by atoms with E-state index in [1.54, 1.807) is 36.7 Å². The van der Waals surface area contributed by atoms with Gasteiger partial charge in [-0.2, -0.15) is 18.3 Å². The summed E-state index contributed by atoms with van der Waals surface area (Å²) in [5.74, 6) is -1.30. The Morgan fingerprint density at radius 1 is 0.974 bits per heavy atom. The molecule has 1 aromatic heterocycles. The molecule has 1 unspecified atom stereocenters. The molecule has 4 aromatic rings. The van der Waals surface area contributed by atoms with Crippen molar-refractivity contribution in [3.63, 3.8) is 0 Å². The van der Waals surface area contributed by atoms with Gasteiger partial charge in [0.1, 0.15) is 5.82 Å². The zero-order valence-corrected chi connectivity index (χ0v) is 21.4. The quantitative estimate of drug-likeness (QED) is 0.160. The van der Waals surface area contributed by atoms with Gasteiger partial charge in [0.05, 0.1) is 17.0 Å². The molecule has 38 heavy (non-hydrogen) atoms. The normalized spacial score (nSPS) is 12.4. The molecule has 0 bridgehead atoms. The number of rotatable bonds is 10. The van der Waals surface area contributed by atoms with E-state index < -0.39 is 23.5 Å². The van der Waals surface area contributed by atoms with Crippen molar-refractivity contribution in [1.29, 1.82) is 0 Å². The van der Waals surface area contributed by atoms with Crippen LogP contribution in [-0.4, -0.2) is 21.3 Å². The number of H-pyrrole nitrogens is 1. The van der Waals surface area contributed by atoms with E-state index in [1.807, 2.05) is 25.1 Å². The second-order valence-corrected chi connectivity index (χ2v) is 10.2. The standard InChI is InChI=1S/C29H26F4N2O2S/c1-18-14-24(11-8-19(18)10-13-27(36)37)38-28(23-16-34-35-17-23)22-9-12-25(29(31,32)33)21(15-22)7-6-20-4-2-3-5-26(20)30/h2-5,8-9,11-12,14-17,28H,6-7,10,13H2,1H3,(H,34,35)(H,36,37). The molecule has 3 aromatic carbocycles. The summed E-state index contributed by atoms with van der Waals surface area (Å²) >= 11 is 1.47. The number of thioether (sulfide) groups is 1. The third kappa shape index (κ3) is 6.83. The van der Waals surface area contributed by atoms with E-state index in [9.17, 15) is 22.4 Å². The summed E-state index contributed by atoms with van der Waals surface area (Å²) in [5, 5.41) is 15.4.